The molecule has 1 heterocycles. The van der Waals surface area contributed by atoms with E-state index in [1.165, 1.54) is 0 Å². The van der Waals surface area contributed by atoms with Crippen LogP contribution in [0, 0.1) is 0 Å². The van der Waals surface area contributed by atoms with E-state index in [0.29, 0.717) is 18.2 Å². The molecule has 1 unspecified atom stereocenters. The zero-order chi connectivity index (χ0) is 14.9. The molecule has 1 atom stereocenters. The van der Waals surface area contributed by atoms with Crippen LogP contribution >= 0.6 is 23.2 Å². The second-order valence-electron chi connectivity index (χ2n) is 5.49. The highest BCUT2D eigenvalue weighted by atomic mass is 35.5. The number of hydrogen-bond acceptors (Lipinski definition) is 2. The Bertz CT molecular complexity index is 659. The summed E-state index contributed by atoms with van der Waals surface area (Å²) in [5.41, 5.74) is 8.20. The van der Waals surface area contributed by atoms with Crippen LogP contribution in [0.1, 0.15) is 17.5 Å². The van der Waals surface area contributed by atoms with Gasteiger partial charge < -0.3 is 10.5 Å². The lowest BCUT2D eigenvalue weighted by atomic mass is 9.72. The maximum Gasteiger partial charge on any atom is 0.123 e. The molecule has 0 aromatic heterocycles. The molecule has 1 aliphatic rings. The molecule has 0 amide bonds. The van der Waals surface area contributed by atoms with Gasteiger partial charge in [0, 0.05) is 27.6 Å². The van der Waals surface area contributed by atoms with Gasteiger partial charge in [-0.1, -0.05) is 41.4 Å². The van der Waals surface area contributed by atoms with Crippen molar-refractivity contribution in [2.45, 2.75) is 18.3 Å². The van der Waals surface area contributed by atoms with Crippen LogP contribution in [0.25, 0.3) is 0 Å². The van der Waals surface area contributed by atoms with Crippen LogP contribution in [0.5, 0.6) is 5.75 Å². The zero-order valence-electron chi connectivity index (χ0n) is 11.6. The van der Waals surface area contributed by atoms with Crippen molar-refractivity contribution in [2.24, 2.45) is 5.73 Å². The van der Waals surface area contributed by atoms with Crippen LogP contribution in [-0.4, -0.2) is 13.2 Å². The number of ether oxygens (including phenoxy) is 1. The number of para-hydroxylation sites is 1. The maximum absolute atomic E-state index is 6.33. The molecular formula is C17H17Cl2NO. The van der Waals surface area contributed by atoms with Gasteiger partial charge in [-0.3, -0.25) is 0 Å². The number of fused-ring (bicyclic) bond motifs is 1. The average molecular weight is 322 g/mol. The number of hydrogen-bond donors (Lipinski definition) is 1. The Morgan fingerprint density at radius 1 is 1.14 bits per heavy atom. The minimum Gasteiger partial charge on any atom is -0.493 e. The molecule has 2 nitrogen and oxygen atoms in total. The van der Waals surface area contributed by atoms with Crippen molar-refractivity contribution in [3.63, 3.8) is 0 Å². The van der Waals surface area contributed by atoms with Crippen molar-refractivity contribution in [1.82, 2.24) is 0 Å². The van der Waals surface area contributed by atoms with E-state index in [1.54, 1.807) is 6.07 Å². The summed E-state index contributed by atoms with van der Waals surface area (Å²) in [6.07, 6.45) is 1.65. The third-order valence-electron chi connectivity index (χ3n) is 4.22. The fraction of sp³-hybridized carbons (Fsp3) is 0.294. The highest BCUT2D eigenvalue weighted by Crippen LogP contribution is 2.41. The summed E-state index contributed by atoms with van der Waals surface area (Å²) in [6.45, 7) is 1.22. The number of halogens is 2. The van der Waals surface area contributed by atoms with Gasteiger partial charge >= 0.3 is 0 Å². The molecule has 4 heteroatoms. The number of rotatable bonds is 3. The summed E-state index contributed by atoms with van der Waals surface area (Å²) in [7, 11) is 0. The molecule has 0 saturated carbocycles. The summed E-state index contributed by atoms with van der Waals surface area (Å²) in [5, 5.41) is 1.43. The van der Waals surface area contributed by atoms with E-state index in [0.717, 1.165) is 34.7 Å². The molecule has 2 aromatic rings. The topological polar surface area (TPSA) is 35.2 Å². The molecule has 2 N–H and O–H groups in total. The molecule has 110 valence electrons. The summed E-state index contributed by atoms with van der Waals surface area (Å²) in [6, 6.07) is 13.7. The van der Waals surface area contributed by atoms with Crippen LogP contribution < -0.4 is 10.5 Å². The molecule has 21 heavy (non-hydrogen) atoms. The molecule has 0 saturated heterocycles. The second-order valence-corrected chi connectivity index (χ2v) is 6.34. The van der Waals surface area contributed by atoms with E-state index in [9.17, 15) is 0 Å². The Morgan fingerprint density at radius 2 is 1.95 bits per heavy atom. The molecule has 0 radical (unpaired) electrons. The number of benzene rings is 2. The smallest absolute Gasteiger partial charge is 0.123 e. The standard InChI is InChI=1S/C17H17Cl2NO/c18-13-5-6-15(19)12(9-13)10-17(11-20)7-8-21-16-4-2-1-3-14(16)17/h1-6,9H,7-8,10-11,20H2. The fourth-order valence-electron chi connectivity index (χ4n) is 3.03. The van der Waals surface area contributed by atoms with Crippen LogP contribution in [0.4, 0.5) is 0 Å². The van der Waals surface area contributed by atoms with E-state index in [4.69, 9.17) is 33.7 Å². The summed E-state index contributed by atoms with van der Waals surface area (Å²) in [5.74, 6) is 0.923. The van der Waals surface area contributed by atoms with E-state index in [2.05, 4.69) is 6.07 Å². The maximum atomic E-state index is 6.33. The predicted octanol–water partition coefficient (Wildman–Crippen LogP) is 4.22. The van der Waals surface area contributed by atoms with Gasteiger partial charge in [0.15, 0.2) is 0 Å². The van der Waals surface area contributed by atoms with Gasteiger partial charge in [0.25, 0.3) is 0 Å². The Labute approximate surface area is 134 Å². The summed E-state index contributed by atoms with van der Waals surface area (Å²) < 4.78 is 5.76. The van der Waals surface area contributed by atoms with Crippen molar-refractivity contribution >= 4 is 23.2 Å². The van der Waals surface area contributed by atoms with Crippen molar-refractivity contribution in [1.29, 1.82) is 0 Å². The normalized spacial score (nSPS) is 20.7. The SMILES string of the molecule is NCC1(Cc2cc(Cl)ccc2Cl)CCOc2ccccc21. The first-order chi connectivity index (χ1) is 10.1. The minimum absolute atomic E-state index is 0.150. The van der Waals surface area contributed by atoms with Crippen LogP contribution in [0.15, 0.2) is 42.5 Å². The lowest BCUT2D eigenvalue weighted by Crippen LogP contribution is -2.41. The van der Waals surface area contributed by atoms with Gasteiger partial charge in [-0.2, -0.15) is 0 Å². The van der Waals surface area contributed by atoms with Crippen molar-refractivity contribution in [2.75, 3.05) is 13.2 Å². The average Bonchev–Trinajstić information content (AvgIpc) is 2.51. The molecule has 0 bridgehead atoms. The third-order valence-corrected chi connectivity index (χ3v) is 4.83. The molecule has 0 fully saturated rings. The summed E-state index contributed by atoms with van der Waals surface area (Å²) in [4.78, 5) is 0. The first kappa shape index (κ1) is 14.7. The molecule has 2 aromatic carbocycles. The highest BCUT2D eigenvalue weighted by molar-refractivity contribution is 6.33. The molecule has 0 spiro atoms. The Hall–Kier alpha value is -1.22. The van der Waals surface area contributed by atoms with E-state index in [1.807, 2.05) is 30.3 Å². The minimum atomic E-state index is -0.150. The van der Waals surface area contributed by atoms with Gasteiger partial charge in [0.05, 0.1) is 6.61 Å². The van der Waals surface area contributed by atoms with Crippen LogP contribution in [0.2, 0.25) is 10.0 Å². The lowest BCUT2D eigenvalue weighted by Gasteiger charge is -2.38. The van der Waals surface area contributed by atoms with Gasteiger partial charge in [0.1, 0.15) is 5.75 Å². The van der Waals surface area contributed by atoms with E-state index >= 15 is 0 Å². The summed E-state index contributed by atoms with van der Waals surface area (Å²) >= 11 is 12.4. The van der Waals surface area contributed by atoms with Crippen molar-refractivity contribution in [3.8, 4) is 5.75 Å². The molecule has 0 aliphatic carbocycles. The zero-order valence-corrected chi connectivity index (χ0v) is 13.1. The van der Waals surface area contributed by atoms with Gasteiger partial charge in [-0.05, 0) is 42.7 Å². The first-order valence-electron chi connectivity index (χ1n) is 7.01. The van der Waals surface area contributed by atoms with Gasteiger partial charge in [-0.25, -0.2) is 0 Å². The van der Waals surface area contributed by atoms with Gasteiger partial charge in [0.2, 0.25) is 0 Å². The second kappa shape index (κ2) is 5.88. The van der Waals surface area contributed by atoms with Crippen molar-refractivity contribution < 1.29 is 4.74 Å². The Kier molecular flexibility index (Phi) is 4.12. The first-order valence-corrected chi connectivity index (χ1v) is 7.76. The Balaban J connectivity index is 2.04. The van der Waals surface area contributed by atoms with Crippen LogP contribution in [-0.2, 0) is 11.8 Å². The predicted molar refractivity (Wildman–Crippen MR) is 87.5 cm³/mol. The largest absolute Gasteiger partial charge is 0.493 e. The van der Waals surface area contributed by atoms with E-state index < -0.39 is 0 Å². The van der Waals surface area contributed by atoms with Crippen LogP contribution in [0.3, 0.4) is 0 Å². The lowest BCUT2D eigenvalue weighted by molar-refractivity contribution is 0.215. The molecule has 3 rings (SSSR count). The molecule has 1 aliphatic heterocycles. The number of nitrogens with two attached hydrogens (primary N) is 1. The molecular weight excluding hydrogens is 305 g/mol. The Morgan fingerprint density at radius 3 is 2.76 bits per heavy atom. The van der Waals surface area contributed by atoms with Gasteiger partial charge in [-0.15, -0.1) is 0 Å². The monoisotopic (exact) mass is 321 g/mol. The fourth-order valence-corrected chi connectivity index (χ4v) is 3.41. The van der Waals surface area contributed by atoms with E-state index in [-0.39, 0.29) is 5.41 Å². The highest BCUT2D eigenvalue weighted by Gasteiger charge is 2.37. The quantitative estimate of drug-likeness (QED) is 0.918. The third kappa shape index (κ3) is 2.76. The van der Waals surface area contributed by atoms with Crippen molar-refractivity contribution in [3.05, 3.63) is 63.6 Å².